The van der Waals surface area contributed by atoms with Crippen LogP contribution in [0.15, 0.2) is 23.4 Å². The summed E-state index contributed by atoms with van der Waals surface area (Å²) in [5, 5.41) is 2.83. The molecule has 0 fully saturated rings. The van der Waals surface area contributed by atoms with E-state index >= 15 is 0 Å². The minimum absolute atomic E-state index is 0.326. The van der Waals surface area contributed by atoms with E-state index in [0.29, 0.717) is 23.5 Å². The Labute approximate surface area is 76.1 Å². The Balaban J connectivity index is 3.23. The second-order valence-corrected chi connectivity index (χ2v) is 2.71. The van der Waals surface area contributed by atoms with Gasteiger partial charge in [-0.05, 0) is 25.1 Å². The van der Waals surface area contributed by atoms with Crippen molar-refractivity contribution in [2.45, 2.75) is 13.8 Å². The molecule has 0 atom stereocenters. The fourth-order valence-corrected chi connectivity index (χ4v) is 1.15. The van der Waals surface area contributed by atoms with E-state index in [4.69, 9.17) is 0 Å². The Kier molecular flexibility index (Phi) is 2.84. The van der Waals surface area contributed by atoms with Crippen molar-refractivity contribution in [3.63, 3.8) is 0 Å². The van der Waals surface area contributed by atoms with Gasteiger partial charge < -0.3 is 0 Å². The van der Waals surface area contributed by atoms with E-state index in [-0.39, 0.29) is 0 Å². The predicted octanol–water partition coefficient (Wildman–Crippen LogP) is 2.82. The van der Waals surface area contributed by atoms with Gasteiger partial charge in [-0.2, -0.15) is 0 Å². The van der Waals surface area contributed by atoms with Gasteiger partial charge in [0, 0.05) is 15.7 Å². The number of rotatable bonds is 3. The molecule has 0 aliphatic rings. The summed E-state index contributed by atoms with van der Waals surface area (Å²) in [6, 6.07) is 4.93. The molecule has 4 heteroatoms. The molecule has 13 heavy (non-hydrogen) atoms. The van der Waals surface area contributed by atoms with Gasteiger partial charge in [0.05, 0.1) is 5.56 Å². The Morgan fingerprint density at radius 3 is 2.69 bits per heavy atom. The molecule has 68 valence electrons. The maximum atomic E-state index is 11.3. The van der Waals surface area contributed by atoms with Crippen LogP contribution in [-0.2, 0) is 0 Å². The molecule has 0 radical (unpaired) electrons. The third kappa shape index (κ3) is 1.77. The van der Waals surface area contributed by atoms with Crippen molar-refractivity contribution in [3.8, 4) is 0 Å². The molecule has 0 saturated carbocycles. The Hall–Kier alpha value is -1.58. The standard InChI is InChI=1S/C9H11N2O2/c1-3-11(13)9-6-4-5-8(10-12)7(9)2/h4-6H,3H2,1-2H3/q+1. The Morgan fingerprint density at radius 2 is 2.15 bits per heavy atom. The molecule has 0 amide bonds. The summed E-state index contributed by atoms with van der Waals surface area (Å²) >= 11 is 0. The van der Waals surface area contributed by atoms with Crippen LogP contribution in [0.5, 0.6) is 0 Å². The normalized spacial score (nSPS) is 9.69. The molecular weight excluding hydrogens is 168 g/mol. The second-order valence-electron chi connectivity index (χ2n) is 2.71. The average molecular weight is 179 g/mol. The minimum Gasteiger partial charge on any atom is -0.145 e. The van der Waals surface area contributed by atoms with Crippen LogP contribution in [0.2, 0.25) is 0 Å². The number of nitroso groups, excluding NO2 is 2. The van der Waals surface area contributed by atoms with E-state index < -0.39 is 0 Å². The van der Waals surface area contributed by atoms with Gasteiger partial charge in [0.25, 0.3) is 5.69 Å². The van der Waals surface area contributed by atoms with Crippen LogP contribution in [0.1, 0.15) is 12.5 Å². The zero-order valence-corrected chi connectivity index (χ0v) is 7.65. The first-order valence-corrected chi connectivity index (χ1v) is 4.08. The van der Waals surface area contributed by atoms with Gasteiger partial charge in [0.15, 0.2) is 6.54 Å². The highest BCUT2D eigenvalue weighted by Crippen LogP contribution is 2.26. The number of benzene rings is 1. The number of nitrogens with zero attached hydrogens (tertiary/aromatic N) is 2. The lowest BCUT2D eigenvalue weighted by atomic mass is 10.1. The molecule has 1 aromatic rings. The van der Waals surface area contributed by atoms with Gasteiger partial charge in [0.2, 0.25) is 0 Å². The van der Waals surface area contributed by atoms with Crippen molar-refractivity contribution < 1.29 is 4.76 Å². The molecule has 0 aliphatic carbocycles. The van der Waals surface area contributed by atoms with E-state index in [9.17, 15) is 9.81 Å². The first-order chi connectivity index (χ1) is 6.20. The van der Waals surface area contributed by atoms with Gasteiger partial charge in [0.1, 0.15) is 5.69 Å². The quantitative estimate of drug-likeness (QED) is 0.529. The SMILES string of the molecule is CC[N+](=O)c1cccc(N=O)c1C. The van der Waals surface area contributed by atoms with Crippen LogP contribution in [0.3, 0.4) is 0 Å². The fraction of sp³-hybridized carbons (Fsp3) is 0.333. The van der Waals surface area contributed by atoms with Crippen molar-refractivity contribution in [1.29, 1.82) is 0 Å². The van der Waals surface area contributed by atoms with Gasteiger partial charge in [-0.3, -0.25) is 0 Å². The topological polar surface area (TPSA) is 49.5 Å². The average Bonchev–Trinajstić information content (AvgIpc) is 2.17. The van der Waals surface area contributed by atoms with Crippen LogP contribution >= 0.6 is 0 Å². The van der Waals surface area contributed by atoms with E-state index in [2.05, 4.69) is 5.18 Å². The highest BCUT2D eigenvalue weighted by atomic mass is 16.3. The zero-order valence-electron chi connectivity index (χ0n) is 7.65. The molecule has 0 heterocycles. The van der Waals surface area contributed by atoms with Gasteiger partial charge in [-0.25, -0.2) is 0 Å². The lowest BCUT2D eigenvalue weighted by Gasteiger charge is -1.97. The molecule has 0 N–H and O–H groups in total. The van der Waals surface area contributed by atoms with Crippen molar-refractivity contribution >= 4 is 11.4 Å². The minimum atomic E-state index is 0.326. The fourth-order valence-electron chi connectivity index (χ4n) is 1.15. The summed E-state index contributed by atoms with van der Waals surface area (Å²) in [5.74, 6) is 0. The number of hydrogen-bond acceptors (Lipinski definition) is 3. The lowest BCUT2D eigenvalue weighted by molar-refractivity contribution is -0.459. The Bertz CT molecular complexity index is 347. The molecular formula is C9H11N2O2+. The molecule has 0 aliphatic heterocycles. The molecule has 4 nitrogen and oxygen atoms in total. The van der Waals surface area contributed by atoms with Crippen LogP contribution in [0.4, 0.5) is 11.4 Å². The summed E-state index contributed by atoms with van der Waals surface area (Å²) in [6.07, 6.45) is 0. The number of hydrogen-bond donors (Lipinski definition) is 0. The largest absolute Gasteiger partial charge is 0.261 e. The van der Waals surface area contributed by atoms with Crippen LogP contribution < -0.4 is 0 Å². The molecule has 1 aromatic carbocycles. The first-order valence-electron chi connectivity index (χ1n) is 4.08. The summed E-state index contributed by atoms with van der Waals surface area (Å²) < 4.78 is 0.837. The summed E-state index contributed by atoms with van der Waals surface area (Å²) in [7, 11) is 0. The maximum Gasteiger partial charge on any atom is 0.261 e. The molecule has 0 saturated heterocycles. The smallest absolute Gasteiger partial charge is 0.145 e. The lowest BCUT2D eigenvalue weighted by Crippen LogP contribution is -2.00. The first kappa shape index (κ1) is 9.51. The highest BCUT2D eigenvalue weighted by Gasteiger charge is 2.16. The van der Waals surface area contributed by atoms with Gasteiger partial charge in [-0.1, -0.05) is 6.07 Å². The van der Waals surface area contributed by atoms with Crippen molar-refractivity contribution in [2.75, 3.05) is 6.54 Å². The monoisotopic (exact) mass is 179 g/mol. The Morgan fingerprint density at radius 1 is 1.46 bits per heavy atom. The molecule has 0 bridgehead atoms. The zero-order chi connectivity index (χ0) is 9.84. The molecule has 0 aromatic heterocycles. The van der Waals surface area contributed by atoms with E-state index in [1.807, 2.05) is 0 Å². The summed E-state index contributed by atoms with van der Waals surface area (Å²) in [4.78, 5) is 21.6. The molecule has 0 unspecified atom stereocenters. The second kappa shape index (κ2) is 3.89. The third-order valence-electron chi connectivity index (χ3n) is 1.93. The van der Waals surface area contributed by atoms with E-state index in [0.717, 1.165) is 4.76 Å². The van der Waals surface area contributed by atoms with Crippen LogP contribution in [0, 0.1) is 16.7 Å². The molecule has 0 spiro atoms. The molecule has 1 rings (SSSR count). The third-order valence-corrected chi connectivity index (χ3v) is 1.93. The van der Waals surface area contributed by atoms with Crippen molar-refractivity contribution in [3.05, 3.63) is 33.6 Å². The summed E-state index contributed by atoms with van der Waals surface area (Å²) in [5.41, 5.74) is 1.47. The highest BCUT2D eigenvalue weighted by molar-refractivity contribution is 5.55. The van der Waals surface area contributed by atoms with Crippen molar-refractivity contribution in [1.82, 2.24) is 0 Å². The summed E-state index contributed by atoms with van der Waals surface area (Å²) in [6.45, 7) is 3.84. The predicted molar refractivity (Wildman–Crippen MR) is 50.5 cm³/mol. The van der Waals surface area contributed by atoms with Crippen LogP contribution in [0.25, 0.3) is 0 Å². The van der Waals surface area contributed by atoms with Gasteiger partial charge >= 0.3 is 0 Å². The van der Waals surface area contributed by atoms with Crippen molar-refractivity contribution in [2.24, 2.45) is 5.18 Å². The van der Waals surface area contributed by atoms with Gasteiger partial charge in [-0.15, -0.1) is 4.91 Å². The van der Waals surface area contributed by atoms with E-state index in [1.54, 1.807) is 32.0 Å². The maximum absolute atomic E-state index is 11.3. The van der Waals surface area contributed by atoms with E-state index in [1.165, 1.54) is 0 Å². The van der Waals surface area contributed by atoms with Crippen LogP contribution in [-0.4, -0.2) is 11.3 Å².